The summed E-state index contributed by atoms with van der Waals surface area (Å²) in [5, 5.41) is 8.75. The number of para-hydroxylation sites is 1. The van der Waals surface area contributed by atoms with E-state index in [4.69, 9.17) is 5.11 Å². The Morgan fingerprint density at radius 1 is 1.10 bits per heavy atom. The highest BCUT2D eigenvalue weighted by Gasteiger charge is 2.10. The van der Waals surface area contributed by atoms with Gasteiger partial charge in [-0.05, 0) is 30.2 Å². The van der Waals surface area contributed by atoms with E-state index in [9.17, 15) is 9.18 Å². The van der Waals surface area contributed by atoms with Gasteiger partial charge in [-0.1, -0.05) is 36.4 Å². The lowest BCUT2D eigenvalue weighted by molar-refractivity contribution is -0.136. The second kappa shape index (κ2) is 6.88. The number of carboxylic acids is 1. The SMILES string of the molecule is CCN(Cc1ccc(CC(=O)O)cc1)c1ccccc1F. The second-order valence-corrected chi connectivity index (χ2v) is 4.85. The summed E-state index contributed by atoms with van der Waals surface area (Å²) in [6, 6.07) is 14.1. The summed E-state index contributed by atoms with van der Waals surface area (Å²) in [5.74, 6) is -1.08. The molecule has 0 unspecified atom stereocenters. The third-order valence-corrected chi connectivity index (χ3v) is 3.33. The van der Waals surface area contributed by atoms with Crippen molar-refractivity contribution in [3.63, 3.8) is 0 Å². The number of halogens is 1. The van der Waals surface area contributed by atoms with E-state index in [1.165, 1.54) is 6.07 Å². The number of benzene rings is 2. The molecule has 0 atom stereocenters. The van der Waals surface area contributed by atoms with Crippen LogP contribution < -0.4 is 4.90 Å². The molecule has 2 rings (SSSR count). The molecule has 21 heavy (non-hydrogen) atoms. The normalized spacial score (nSPS) is 10.4. The van der Waals surface area contributed by atoms with E-state index in [2.05, 4.69) is 0 Å². The molecule has 0 aliphatic heterocycles. The van der Waals surface area contributed by atoms with Gasteiger partial charge < -0.3 is 10.0 Å². The first-order valence-electron chi connectivity index (χ1n) is 6.89. The van der Waals surface area contributed by atoms with Gasteiger partial charge in [0.05, 0.1) is 12.1 Å². The van der Waals surface area contributed by atoms with E-state index in [1.807, 2.05) is 30.0 Å². The average Bonchev–Trinajstić information content (AvgIpc) is 2.47. The maximum absolute atomic E-state index is 13.8. The van der Waals surface area contributed by atoms with E-state index >= 15 is 0 Å². The second-order valence-electron chi connectivity index (χ2n) is 4.85. The number of hydrogen-bond acceptors (Lipinski definition) is 2. The number of carbonyl (C=O) groups is 1. The molecule has 110 valence electrons. The summed E-state index contributed by atoms with van der Waals surface area (Å²) in [5.41, 5.74) is 2.36. The molecule has 0 aliphatic rings. The Bertz CT molecular complexity index is 610. The Morgan fingerprint density at radius 2 is 1.71 bits per heavy atom. The zero-order valence-corrected chi connectivity index (χ0v) is 11.9. The average molecular weight is 287 g/mol. The standard InChI is InChI=1S/C17H18FNO2/c1-2-19(16-6-4-3-5-15(16)18)12-14-9-7-13(8-10-14)11-17(20)21/h3-10H,2,11-12H2,1H3,(H,20,21). The smallest absolute Gasteiger partial charge is 0.307 e. The number of rotatable bonds is 6. The van der Waals surface area contributed by atoms with Gasteiger partial charge in [-0.2, -0.15) is 0 Å². The molecular weight excluding hydrogens is 269 g/mol. The van der Waals surface area contributed by atoms with E-state index in [1.54, 1.807) is 24.3 Å². The van der Waals surface area contributed by atoms with Gasteiger partial charge >= 0.3 is 5.97 Å². The van der Waals surface area contributed by atoms with Crippen LogP contribution in [0.25, 0.3) is 0 Å². The van der Waals surface area contributed by atoms with Crippen molar-refractivity contribution in [2.45, 2.75) is 19.9 Å². The van der Waals surface area contributed by atoms with Crippen molar-refractivity contribution in [2.24, 2.45) is 0 Å². The van der Waals surface area contributed by atoms with Crippen LogP contribution in [0.5, 0.6) is 0 Å². The molecular formula is C17H18FNO2. The molecule has 0 aromatic heterocycles. The van der Waals surface area contributed by atoms with Crippen LogP contribution in [0, 0.1) is 5.82 Å². The molecule has 0 spiro atoms. The fraction of sp³-hybridized carbons (Fsp3) is 0.235. The number of aliphatic carboxylic acids is 1. The summed E-state index contributed by atoms with van der Waals surface area (Å²) in [6.07, 6.45) is 0.0189. The fourth-order valence-corrected chi connectivity index (χ4v) is 2.23. The molecule has 0 fully saturated rings. The van der Waals surface area contributed by atoms with Crippen molar-refractivity contribution in [1.29, 1.82) is 0 Å². The maximum atomic E-state index is 13.8. The van der Waals surface area contributed by atoms with Crippen molar-refractivity contribution >= 4 is 11.7 Å². The molecule has 4 heteroatoms. The molecule has 2 aromatic rings. The largest absolute Gasteiger partial charge is 0.481 e. The third kappa shape index (κ3) is 4.05. The van der Waals surface area contributed by atoms with Crippen molar-refractivity contribution in [3.05, 3.63) is 65.5 Å². The molecule has 1 N–H and O–H groups in total. The predicted octanol–water partition coefficient (Wildman–Crippen LogP) is 3.48. The lowest BCUT2D eigenvalue weighted by Crippen LogP contribution is -2.23. The van der Waals surface area contributed by atoms with Crippen LogP contribution in [0.3, 0.4) is 0 Å². The van der Waals surface area contributed by atoms with Crippen LogP contribution in [0.1, 0.15) is 18.1 Å². The number of carboxylic acid groups (broad SMARTS) is 1. The monoisotopic (exact) mass is 287 g/mol. The summed E-state index contributed by atoms with van der Waals surface area (Å²) >= 11 is 0. The van der Waals surface area contributed by atoms with Crippen molar-refractivity contribution < 1.29 is 14.3 Å². The first-order valence-corrected chi connectivity index (χ1v) is 6.89. The summed E-state index contributed by atoms with van der Waals surface area (Å²) < 4.78 is 13.8. The maximum Gasteiger partial charge on any atom is 0.307 e. The quantitative estimate of drug-likeness (QED) is 0.884. The van der Waals surface area contributed by atoms with Crippen LogP contribution in [0.4, 0.5) is 10.1 Å². The van der Waals surface area contributed by atoms with Crippen LogP contribution in [-0.2, 0) is 17.8 Å². The lowest BCUT2D eigenvalue weighted by Gasteiger charge is -2.23. The van der Waals surface area contributed by atoms with E-state index < -0.39 is 5.97 Å². The van der Waals surface area contributed by atoms with E-state index in [-0.39, 0.29) is 12.2 Å². The zero-order chi connectivity index (χ0) is 15.2. The Morgan fingerprint density at radius 3 is 2.29 bits per heavy atom. The van der Waals surface area contributed by atoms with Crippen molar-refractivity contribution in [2.75, 3.05) is 11.4 Å². The topological polar surface area (TPSA) is 40.5 Å². The molecule has 0 bridgehead atoms. The van der Waals surface area contributed by atoms with Crippen LogP contribution >= 0.6 is 0 Å². The van der Waals surface area contributed by atoms with Gasteiger partial charge in [0.15, 0.2) is 0 Å². The van der Waals surface area contributed by atoms with Gasteiger partial charge in [-0.15, -0.1) is 0 Å². The Hall–Kier alpha value is -2.36. The summed E-state index contributed by atoms with van der Waals surface area (Å²) in [7, 11) is 0. The van der Waals surface area contributed by atoms with Gasteiger partial charge in [0.25, 0.3) is 0 Å². The molecule has 0 aliphatic carbocycles. The van der Waals surface area contributed by atoms with Gasteiger partial charge in [0, 0.05) is 13.1 Å². The molecule has 3 nitrogen and oxygen atoms in total. The highest BCUT2D eigenvalue weighted by molar-refractivity contribution is 5.70. The number of anilines is 1. The Balaban J connectivity index is 2.12. The number of nitrogens with zero attached hydrogens (tertiary/aromatic N) is 1. The van der Waals surface area contributed by atoms with E-state index in [0.717, 1.165) is 11.1 Å². The molecule has 2 aromatic carbocycles. The van der Waals surface area contributed by atoms with Crippen molar-refractivity contribution in [1.82, 2.24) is 0 Å². The molecule has 0 heterocycles. The van der Waals surface area contributed by atoms with Crippen LogP contribution in [-0.4, -0.2) is 17.6 Å². The predicted molar refractivity (Wildman–Crippen MR) is 80.9 cm³/mol. The van der Waals surface area contributed by atoms with Gasteiger partial charge in [0.2, 0.25) is 0 Å². The highest BCUT2D eigenvalue weighted by atomic mass is 19.1. The van der Waals surface area contributed by atoms with Crippen molar-refractivity contribution in [3.8, 4) is 0 Å². The Kier molecular flexibility index (Phi) is 4.93. The highest BCUT2D eigenvalue weighted by Crippen LogP contribution is 2.20. The van der Waals surface area contributed by atoms with Gasteiger partial charge in [0.1, 0.15) is 5.82 Å². The first kappa shape index (κ1) is 15.0. The Labute approximate surface area is 123 Å². The minimum atomic E-state index is -0.843. The van der Waals surface area contributed by atoms with Gasteiger partial charge in [-0.25, -0.2) is 4.39 Å². The number of hydrogen-bond donors (Lipinski definition) is 1. The zero-order valence-electron chi connectivity index (χ0n) is 11.9. The lowest BCUT2D eigenvalue weighted by atomic mass is 10.1. The molecule has 0 amide bonds. The molecule has 0 radical (unpaired) electrons. The fourth-order valence-electron chi connectivity index (χ4n) is 2.23. The third-order valence-electron chi connectivity index (χ3n) is 3.33. The van der Waals surface area contributed by atoms with E-state index in [0.29, 0.717) is 18.8 Å². The minimum Gasteiger partial charge on any atom is -0.481 e. The molecule has 0 saturated heterocycles. The van der Waals surface area contributed by atoms with Gasteiger partial charge in [-0.3, -0.25) is 4.79 Å². The summed E-state index contributed by atoms with van der Waals surface area (Å²) in [4.78, 5) is 12.6. The molecule has 0 saturated carbocycles. The van der Waals surface area contributed by atoms with Crippen LogP contribution in [0.15, 0.2) is 48.5 Å². The van der Waals surface area contributed by atoms with Crippen LogP contribution in [0.2, 0.25) is 0 Å². The minimum absolute atomic E-state index is 0.0189. The first-order chi connectivity index (χ1) is 10.1. The summed E-state index contributed by atoms with van der Waals surface area (Å²) in [6.45, 7) is 3.26.